The summed E-state index contributed by atoms with van der Waals surface area (Å²) in [5, 5.41) is 3.11. The van der Waals surface area contributed by atoms with E-state index >= 15 is 0 Å². The second-order valence-corrected chi connectivity index (χ2v) is 6.73. The van der Waals surface area contributed by atoms with Crippen molar-refractivity contribution in [1.82, 2.24) is 9.62 Å². The number of hydrogen-bond acceptors (Lipinski definition) is 3. The highest BCUT2D eigenvalue weighted by molar-refractivity contribution is 9.10. The summed E-state index contributed by atoms with van der Waals surface area (Å²) in [6.07, 6.45) is 0. The molecule has 0 spiro atoms. The Morgan fingerprint density at radius 3 is 2.61 bits per heavy atom. The quantitative estimate of drug-likeness (QED) is 0.856. The molecular weight excluding hydrogens is 363 g/mol. The lowest BCUT2D eigenvalue weighted by atomic mass is 10.4. The van der Waals surface area contributed by atoms with Crippen LogP contribution in [-0.2, 0) is 10.0 Å². The highest BCUT2D eigenvalue weighted by Gasteiger charge is 2.23. The molecule has 4 nitrogen and oxygen atoms in total. The topological polar surface area (TPSA) is 49.4 Å². The Kier molecular flexibility index (Phi) is 7.73. The first-order valence-corrected chi connectivity index (χ1v) is 7.57. The molecule has 0 saturated heterocycles. The minimum Gasteiger partial charge on any atom is -0.318 e. The van der Waals surface area contributed by atoms with Crippen LogP contribution in [0, 0.1) is 0 Å². The molecule has 18 heavy (non-hydrogen) atoms. The molecule has 0 saturated carbocycles. The molecular formula is C10H15BrCl2N2O2S. The van der Waals surface area contributed by atoms with Gasteiger partial charge in [0.15, 0.2) is 0 Å². The fourth-order valence-corrected chi connectivity index (χ4v) is 3.41. The number of nitrogens with zero attached hydrogens (tertiary/aromatic N) is 1. The molecule has 0 aliphatic rings. The Morgan fingerprint density at radius 1 is 1.44 bits per heavy atom. The monoisotopic (exact) mass is 376 g/mol. The first kappa shape index (κ1) is 18.1. The van der Waals surface area contributed by atoms with Crippen LogP contribution in [0.25, 0.3) is 0 Å². The molecule has 1 rings (SSSR count). The van der Waals surface area contributed by atoms with Gasteiger partial charge in [-0.25, -0.2) is 8.42 Å². The van der Waals surface area contributed by atoms with E-state index in [-0.39, 0.29) is 22.3 Å². The molecule has 0 heterocycles. The Morgan fingerprint density at radius 2 is 2.06 bits per heavy atom. The number of hydrogen-bond donors (Lipinski definition) is 1. The number of rotatable bonds is 5. The largest absolute Gasteiger partial charge is 0.318 e. The molecule has 0 aliphatic heterocycles. The standard InChI is InChI=1S/C10H14BrClN2O2S.ClH/c1-13-6-7-14(2)17(15,16)9-5-3-4-8(11)10(9)12;/h3-5,13H,6-7H2,1-2H3;1H. The number of likely N-dealkylation sites (N-methyl/N-ethyl adjacent to an activating group) is 2. The van der Waals surface area contributed by atoms with Gasteiger partial charge >= 0.3 is 0 Å². The molecule has 0 aliphatic carbocycles. The van der Waals surface area contributed by atoms with E-state index in [4.69, 9.17) is 11.6 Å². The summed E-state index contributed by atoms with van der Waals surface area (Å²) in [4.78, 5) is 0.118. The number of sulfonamides is 1. The van der Waals surface area contributed by atoms with Gasteiger partial charge in [-0.05, 0) is 35.1 Å². The van der Waals surface area contributed by atoms with Gasteiger partial charge in [0.2, 0.25) is 10.0 Å². The predicted molar refractivity (Wildman–Crippen MR) is 80.1 cm³/mol. The van der Waals surface area contributed by atoms with Crippen LogP contribution >= 0.6 is 39.9 Å². The Labute approximate surface area is 127 Å². The fourth-order valence-electron chi connectivity index (χ4n) is 1.24. The summed E-state index contributed by atoms with van der Waals surface area (Å²) in [5.41, 5.74) is 0. The predicted octanol–water partition coefficient (Wildman–Crippen LogP) is 2.36. The van der Waals surface area contributed by atoms with Crippen LogP contribution in [0.4, 0.5) is 0 Å². The molecule has 0 bridgehead atoms. The molecule has 104 valence electrons. The smallest absolute Gasteiger partial charge is 0.244 e. The maximum Gasteiger partial charge on any atom is 0.244 e. The van der Waals surface area contributed by atoms with Crippen molar-refractivity contribution in [3.05, 3.63) is 27.7 Å². The maximum absolute atomic E-state index is 12.2. The van der Waals surface area contributed by atoms with Gasteiger partial charge in [-0.3, -0.25) is 0 Å². The van der Waals surface area contributed by atoms with Crippen molar-refractivity contribution < 1.29 is 8.42 Å². The van der Waals surface area contributed by atoms with Crippen LogP contribution in [0.1, 0.15) is 0 Å². The van der Waals surface area contributed by atoms with Crippen molar-refractivity contribution in [2.24, 2.45) is 0 Å². The SMILES string of the molecule is CNCCN(C)S(=O)(=O)c1cccc(Br)c1Cl.Cl. The highest BCUT2D eigenvalue weighted by atomic mass is 79.9. The third-order valence-electron chi connectivity index (χ3n) is 2.28. The van der Waals surface area contributed by atoms with Gasteiger partial charge in [0.1, 0.15) is 4.90 Å². The van der Waals surface area contributed by atoms with E-state index in [1.54, 1.807) is 19.2 Å². The zero-order valence-electron chi connectivity index (χ0n) is 9.98. The molecule has 1 aromatic carbocycles. The summed E-state index contributed by atoms with van der Waals surface area (Å²) in [7, 11) is -0.231. The normalized spacial score (nSPS) is 11.4. The fraction of sp³-hybridized carbons (Fsp3) is 0.400. The summed E-state index contributed by atoms with van der Waals surface area (Å²) in [6.45, 7) is 0.975. The third-order valence-corrected chi connectivity index (χ3v) is 5.59. The molecule has 0 fully saturated rings. The van der Waals surface area contributed by atoms with Crippen molar-refractivity contribution >= 4 is 50.0 Å². The van der Waals surface area contributed by atoms with Crippen LogP contribution < -0.4 is 5.32 Å². The summed E-state index contributed by atoms with van der Waals surface area (Å²) in [6, 6.07) is 4.85. The summed E-state index contributed by atoms with van der Waals surface area (Å²) >= 11 is 9.20. The van der Waals surface area contributed by atoms with E-state index in [1.165, 1.54) is 17.4 Å². The second-order valence-electron chi connectivity index (χ2n) is 3.48. The van der Waals surface area contributed by atoms with Crippen LogP contribution in [0.15, 0.2) is 27.6 Å². The molecule has 8 heteroatoms. The average Bonchev–Trinajstić information content (AvgIpc) is 2.29. The molecule has 0 radical (unpaired) electrons. The summed E-state index contributed by atoms with van der Waals surface area (Å²) < 4.78 is 26.3. The van der Waals surface area contributed by atoms with E-state index in [9.17, 15) is 8.42 Å². The van der Waals surface area contributed by atoms with Crippen molar-refractivity contribution in [3.8, 4) is 0 Å². The highest BCUT2D eigenvalue weighted by Crippen LogP contribution is 2.30. The maximum atomic E-state index is 12.2. The molecule has 0 atom stereocenters. The van der Waals surface area contributed by atoms with Crippen molar-refractivity contribution in [2.75, 3.05) is 27.2 Å². The van der Waals surface area contributed by atoms with Gasteiger partial charge in [0, 0.05) is 24.6 Å². The van der Waals surface area contributed by atoms with Crippen LogP contribution in [0.3, 0.4) is 0 Å². The average molecular weight is 378 g/mol. The van der Waals surface area contributed by atoms with Gasteiger partial charge in [-0.2, -0.15) is 4.31 Å². The van der Waals surface area contributed by atoms with Crippen LogP contribution in [0.2, 0.25) is 5.02 Å². The van der Waals surface area contributed by atoms with Gasteiger partial charge < -0.3 is 5.32 Å². The molecule has 0 amide bonds. The van der Waals surface area contributed by atoms with Crippen molar-refractivity contribution in [1.29, 1.82) is 0 Å². The minimum atomic E-state index is -3.53. The lowest BCUT2D eigenvalue weighted by Crippen LogP contribution is -2.33. The first-order chi connectivity index (χ1) is 7.91. The lowest BCUT2D eigenvalue weighted by molar-refractivity contribution is 0.466. The molecule has 0 unspecified atom stereocenters. The van der Waals surface area contributed by atoms with E-state index < -0.39 is 10.0 Å². The Hall–Kier alpha value is 0.150. The lowest BCUT2D eigenvalue weighted by Gasteiger charge is -2.18. The molecule has 1 N–H and O–H groups in total. The van der Waals surface area contributed by atoms with Crippen LogP contribution in [0.5, 0.6) is 0 Å². The van der Waals surface area contributed by atoms with E-state index in [0.29, 0.717) is 17.6 Å². The van der Waals surface area contributed by atoms with E-state index in [1.807, 2.05) is 0 Å². The molecule has 0 aromatic heterocycles. The Bertz CT molecular complexity index is 497. The zero-order valence-corrected chi connectivity index (χ0v) is 14.0. The van der Waals surface area contributed by atoms with Gasteiger partial charge in [0.05, 0.1) is 5.02 Å². The van der Waals surface area contributed by atoms with Gasteiger partial charge in [0.25, 0.3) is 0 Å². The van der Waals surface area contributed by atoms with Gasteiger partial charge in [-0.1, -0.05) is 17.7 Å². The summed E-state index contributed by atoms with van der Waals surface area (Å²) in [5.74, 6) is 0. The van der Waals surface area contributed by atoms with E-state index in [0.717, 1.165) is 0 Å². The number of benzene rings is 1. The Balaban J connectivity index is 0.00000289. The minimum absolute atomic E-state index is 0. The zero-order chi connectivity index (χ0) is 13.1. The second kappa shape index (κ2) is 7.67. The van der Waals surface area contributed by atoms with Gasteiger partial charge in [-0.15, -0.1) is 12.4 Å². The molecule has 1 aromatic rings. The first-order valence-electron chi connectivity index (χ1n) is 4.96. The number of halogens is 3. The van der Waals surface area contributed by atoms with Crippen LogP contribution in [-0.4, -0.2) is 39.9 Å². The van der Waals surface area contributed by atoms with E-state index in [2.05, 4.69) is 21.2 Å². The third kappa shape index (κ3) is 4.08. The van der Waals surface area contributed by atoms with Crippen molar-refractivity contribution in [3.63, 3.8) is 0 Å². The number of nitrogens with one attached hydrogen (secondary N) is 1. The van der Waals surface area contributed by atoms with Crippen molar-refractivity contribution in [2.45, 2.75) is 4.90 Å².